The molecule has 0 spiro atoms. The average molecular weight is 437 g/mol. The van der Waals surface area contributed by atoms with Crippen molar-refractivity contribution in [2.24, 2.45) is 5.41 Å². The number of aliphatic hydroxyl groups excluding tert-OH is 1. The lowest BCUT2D eigenvalue weighted by atomic mass is 9.96. The van der Waals surface area contributed by atoms with Crippen molar-refractivity contribution < 1.29 is 5.11 Å². The molecule has 0 bridgehead atoms. The summed E-state index contributed by atoms with van der Waals surface area (Å²) in [5, 5.41) is 14.3. The maximum atomic E-state index is 9.34. The smallest absolute Gasteiger partial charge is 0.174 e. The van der Waals surface area contributed by atoms with Crippen LogP contribution < -0.4 is 5.32 Å². The van der Waals surface area contributed by atoms with Gasteiger partial charge in [-0.25, -0.2) is 0 Å². The fourth-order valence-corrected chi connectivity index (χ4v) is 5.34. The lowest BCUT2D eigenvalue weighted by molar-refractivity contribution is 0.207. The van der Waals surface area contributed by atoms with Crippen LogP contribution in [0.1, 0.15) is 29.0 Å². The number of benzene rings is 1. The Kier molecular flexibility index (Phi) is 6.72. The molecule has 1 unspecified atom stereocenters. The summed E-state index contributed by atoms with van der Waals surface area (Å²) in [7, 11) is 0. The maximum absolute atomic E-state index is 9.34. The summed E-state index contributed by atoms with van der Waals surface area (Å²) in [5.41, 5.74) is 0.548. The number of thioether (sulfide) groups is 1. The van der Waals surface area contributed by atoms with Crippen LogP contribution >= 0.6 is 46.9 Å². The number of halogens is 1. The molecule has 2 aromatic rings. The molecule has 3 nitrogen and oxygen atoms in total. The first-order chi connectivity index (χ1) is 12.9. The predicted molar refractivity (Wildman–Crippen MR) is 122 cm³/mol. The molecule has 2 heterocycles. The fourth-order valence-electron chi connectivity index (χ4n) is 2.47. The first kappa shape index (κ1) is 20.5. The summed E-state index contributed by atoms with van der Waals surface area (Å²) in [6.45, 7) is 4.83. The number of rotatable bonds is 3. The van der Waals surface area contributed by atoms with Crippen molar-refractivity contribution in [3.8, 4) is 11.8 Å². The van der Waals surface area contributed by atoms with Crippen LogP contribution in [-0.2, 0) is 0 Å². The van der Waals surface area contributed by atoms with E-state index in [1.807, 2.05) is 55.9 Å². The van der Waals surface area contributed by atoms with Crippen molar-refractivity contribution in [1.29, 1.82) is 0 Å². The third kappa shape index (κ3) is 5.40. The molecule has 0 amide bonds. The van der Waals surface area contributed by atoms with Gasteiger partial charge in [-0.05, 0) is 62.5 Å². The van der Waals surface area contributed by atoms with Gasteiger partial charge in [0.2, 0.25) is 0 Å². The predicted octanol–water partition coefficient (Wildman–Crippen LogP) is 5.22. The van der Waals surface area contributed by atoms with Gasteiger partial charge in [0.05, 0.1) is 11.5 Å². The Morgan fingerprint density at radius 2 is 2.07 bits per heavy atom. The molecular weight excluding hydrogens is 416 g/mol. The zero-order chi connectivity index (χ0) is 19.4. The van der Waals surface area contributed by atoms with E-state index in [4.69, 9.17) is 23.8 Å². The van der Waals surface area contributed by atoms with Gasteiger partial charge in [0.25, 0.3) is 0 Å². The van der Waals surface area contributed by atoms with Crippen LogP contribution in [0.3, 0.4) is 0 Å². The Morgan fingerprint density at radius 1 is 1.33 bits per heavy atom. The quantitative estimate of drug-likeness (QED) is 0.509. The molecule has 1 fully saturated rings. The Hall–Kier alpha value is -1.23. The third-order valence-corrected chi connectivity index (χ3v) is 7.07. The van der Waals surface area contributed by atoms with Gasteiger partial charge in [0.1, 0.15) is 5.37 Å². The number of hydrogen-bond donors (Lipinski definition) is 2. The summed E-state index contributed by atoms with van der Waals surface area (Å²) in [6.07, 6.45) is 0. The van der Waals surface area contributed by atoms with Crippen LogP contribution in [0.15, 0.2) is 36.4 Å². The summed E-state index contributed by atoms with van der Waals surface area (Å²) in [6, 6.07) is 11.7. The molecule has 1 aliphatic rings. The Morgan fingerprint density at radius 3 is 2.78 bits per heavy atom. The SMILES string of the molecule is CC(C)(C#Cc1ccc(C2SCCN2C(=S)Nc2ccc(Cl)cc2)s1)CO. The maximum Gasteiger partial charge on any atom is 0.174 e. The monoisotopic (exact) mass is 436 g/mol. The second-order valence-electron chi connectivity index (χ2n) is 6.85. The van der Waals surface area contributed by atoms with E-state index < -0.39 is 0 Å². The molecule has 0 saturated carbocycles. The second kappa shape index (κ2) is 8.85. The largest absolute Gasteiger partial charge is 0.395 e. The summed E-state index contributed by atoms with van der Waals surface area (Å²) in [5.74, 6) is 7.36. The van der Waals surface area contributed by atoms with Crippen LogP contribution in [-0.4, -0.2) is 34.0 Å². The van der Waals surface area contributed by atoms with E-state index >= 15 is 0 Å². The van der Waals surface area contributed by atoms with E-state index in [9.17, 15) is 5.11 Å². The van der Waals surface area contributed by atoms with E-state index in [1.165, 1.54) is 4.88 Å². The minimum Gasteiger partial charge on any atom is -0.395 e. The average Bonchev–Trinajstić information content (AvgIpc) is 3.31. The van der Waals surface area contributed by atoms with Gasteiger partial charge in [0.15, 0.2) is 5.11 Å². The number of thiophene rings is 1. The number of hydrogen-bond acceptors (Lipinski definition) is 4. The minimum atomic E-state index is -0.387. The number of nitrogens with zero attached hydrogens (tertiary/aromatic N) is 1. The number of nitrogens with one attached hydrogen (secondary N) is 1. The first-order valence-electron chi connectivity index (χ1n) is 8.56. The van der Waals surface area contributed by atoms with Gasteiger partial charge >= 0.3 is 0 Å². The van der Waals surface area contributed by atoms with Gasteiger partial charge in [-0.3, -0.25) is 0 Å². The lowest BCUT2D eigenvalue weighted by Crippen LogP contribution is -2.33. The molecule has 3 rings (SSSR count). The van der Waals surface area contributed by atoms with Crippen molar-refractivity contribution in [2.75, 3.05) is 24.2 Å². The Balaban J connectivity index is 1.71. The second-order valence-corrected chi connectivity index (χ2v) is 9.97. The Labute approximate surface area is 179 Å². The van der Waals surface area contributed by atoms with E-state index in [1.54, 1.807) is 11.3 Å². The van der Waals surface area contributed by atoms with Crippen molar-refractivity contribution in [3.63, 3.8) is 0 Å². The van der Waals surface area contributed by atoms with E-state index in [0.29, 0.717) is 5.02 Å². The van der Waals surface area contributed by atoms with Gasteiger partial charge < -0.3 is 15.3 Å². The highest BCUT2D eigenvalue weighted by atomic mass is 35.5. The van der Waals surface area contributed by atoms with E-state index in [2.05, 4.69) is 28.1 Å². The molecule has 2 N–H and O–H groups in total. The summed E-state index contributed by atoms with van der Waals surface area (Å²) in [4.78, 5) is 4.47. The normalized spacial score (nSPS) is 16.7. The van der Waals surface area contributed by atoms with Gasteiger partial charge in [0, 0.05) is 33.3 Å². The minimum absolute atomic E-state index is 0.0507. The summed E-state index contributed by atoms with van der Waals surface area (Å²) < 4.78 is 0. The third-order valence-electron chi connectivity index (χ3n) is 4.04. The van der Waals surface area contributed by atoms with Crippen molar-refractivity contribution in [3.05, 3.63) is 51.2 Å². The molecule has 27 heavy (non-hydrogen) atoms. The molecule has 0 radical (unpaired) electrons. The number of thiocarbonyl (C=S) groups is 1. The van der Waals surface area contributed by atoms with Crippen LogP contribution in [0.2, 0.25) is 5.02 Å². The standard InChI is InChI=1S/C20H21ClN2OS3/c1-20(2,13-24)10-9-16-7-8-17(27-16)18-23(11-12-26-18)19(25)22-15-5-3-14(21)4-6-15/h3-8,18,24H,11-13H2,1-2H3,(H,22,25). The zero-order valence-corrected chi connectivity index (χ0v) is 18.4. The zero-order valence-electron chi connectivity index (χ0n) is 15.2. The highest BCUT2D eigenvalue weighted by molar-refractivity contribution is 7.99. The van der Waals surface area contributed by atoms with Gasteiger partial charge in [-0.15, -0.1) is 23.1 Å². The molecule has 7 heteroatoms. The molecule has 142 valence electrons. The van der Waals surface area contributed by atoms with Crippen LogP contribution in [0.4, 0.5) is 5.69 Å². The molecule has 1 saturated heterocycles. The Bertz CT molecular complexity index is 867. The van der Waals surface area contributed by atoms with Gasteiger partial charge in [-0.2, -0.15) is 0 Å². The fraction of sp³-hybridized carbons (Fsp3) is 0.350. The van der Waals surface area contributed by atoms with Gasteiger partial charge in [-0.1, -0.05) is 23.4 Å². The lowest BCUT2D eigenvalue weighted by Gasteiger charge is -2.26. The number of anilines is 1. The van der Waals surface area contributed by atoms with E-state index in [0.717, 1.165) is 28.0 Å². The van der Waals surface area contributed by atoms with Crippen molar-refractivity contribution in [2.45, 2.75) is 19.2 Å². The first-order valence-corrected chi connectivity index (χ1v) is 11.2. The molecule has 1 aromatic heterocycles. The molecule has 1 atom stereocenters. The molecule has 0 aliphatic carbocycles. The summed E-state index contributed by atoms with van der Waals surface area (Å²) >= 11 is 15.2. The van der Waals surface area contributed by atoms with Crippen LogP contribution in [0.5, 0.6) is 0 Å². The van der Waals surface area contributed by atoms with Crippen LogP contribution in [0.25, 0.3) is 0 Å². The van der Waals surface area contributed by atoms with Crippen molar-refractivity contribution >= 4 is 57.7 Å². The number of aliphatic hydroxyl groups is 1. The highest BCUT2D eigenvalue weighted by Gasteiger charge is 2.29. The highest BCUT2D eigenvalue weighted by Crippen LogP contribution is 2.41. The molecule has 1 aliphatic heterocycles. The van der Waals surface area contributed by atoms with E-state index in [-0.39, 0.29) is 17.4 Å². The topological polar surface area (TPSA) is 35.5 Å². The van der Waals surface area contributed by atoms with Crippen molar-refractivity contribution in [1.82, 2.24) is 4.90 Å². The molecular formula is C20H21ClN2OS3. The van der Waals surface area contributed by atoms with Crippen LogP contribution in [0, 0.1) is 17.3 Å². The molecule has 1 aromatic carbocycles.